The molecular formula is C29H36N2O3. The molecule has 3 aliphatic rings. The zero-order chi connectivity index (χ0) is 24.0. The Morgan fingerprint density at radius 1 is 0.882 bits per heavy atom. The minimum atomic E-state index is -0.659. The number of aliphatic hydroxyl groups excluding tert-OH is 2. The minimum Gasteiger partial charge on any atom is -0.439 e. The second kappa shape index (κ2) is 8.79. The zero-order valence-electron chi connectivity index (χ0n) is 20.6. The standard InChI is InChI=1S/C29H36N2O3/c1-5-7-16-31-22-13-9-8-12-21(22)29(3,4)25(31)17-19-27(32)20(28(19)33)18-26-30(6-2)23-14-10-11-15-24(23)34-26/h8-15,17-20,27-28,32-33H,5-7,16H2,1-4H3. The van der Waals surface area contributed by atoms with Crippen LogP contribution < -0.4 is 14.5 Å². The maximum Gasteiger partial charge on any atom is 0.197 e. The maximum atomic E-state index is 11.1. The van der Waals surface area contributed by atoms with Crippen molar-refractivity contribution in [2.24, 2.45) is 11.8 Å². The molecule has 5 nitrogen and oxygen atoms in total. The molecule has 2 unspecified atom stereocenters. The van der Waals surface area contributed by atoms with Gasteiger partial charge < -0.3 is 24.7 Å². The summed E-state index contributed by atoms with van der Waals surface area (Å²) in [4.78, 5) is 4.48. The maximum absolute atomic E-state index is 11.1. The number of fused-ring (bicyclic) bond motifs is 2. The topological polar surface area (TPSA) is 56.2 Å². The van der Waals surface area contributed by atoms with Crippen LogP contribution in [0.5, 0.6) is 5.75 Å². The highest BCUT2D eigenvalue weighted by Gasteiger charge is 2.50. The van der Waals surface area contributed by atoms with Crippen molar-refractivity contribution in [1.29, 1.82) is 0 Å². The van der Waals surface area contributed by atoms with Gasteiger partial charge in [-0.05, 0) is 43.2 Å². The van der Waals surface area contributed by atoms with E-state index in [0.717, 1.165) is 37.4 Å². The fraction of sp³-hybridized carbons (Fsp3) is 0.448. The van der Waals surface area contributed by atoms with Crippen molar-refractivity contribution >= 4 is 11.4 Å². The fourth-order valence-corrected chi connectivity index (χ4v) is 5.71. The first-order valence-electron chi connectivity index (χ1n) is 12.6. The van der Waals surface area contributed by atoms with Gasteiger partial charge in [-0.1, -0.05) is 63.6 Å². The number of allylic oxidation sites excluding steroid dienone is 1. The number of hydrogen-bond donors (Lipinski definition) is 2. The summed E-state index contributed by atoms with van der Waals surface area (Å²) in [5.41, 5.74) is 4.56. The highest BCUT2D eigenvalue weighted by atomic mass is 16.5. The van der Waals surface area contributed by atoms with E-state index in [9.17, 15) is 10.2 Å². The van der Waals surface area contributed by atoms with Crippen LogP contribution in [0.15, 0.2) is 72.3 Å². The Labute approximate surface area is 203 Å². The van der Waals surface area contributed by atoms with E-state index in [2.05, 4.69) is 67.8 Å². The molecular weight excluding hydrogens is 424 g/mol. The van der Waals surface area contributed by atoms with Gasteiger partial charge in [-0.3, -0.25) is 0 Å². The summed E-state index contributed by atoms with van der Waals surface area (Å²) >= 11 is 0. The van der Waals surface area contributed by atoms with Crippen LogP contribution in [0.1, 0.15) is 46.1 Å². The highest BCUT2D eigenvalue weighted by Crippen LogP contribution is 2.50. The van der Waals surface area contributed by atoms with E-state index in [0.29, 0.717) is 5.88 Å². The van der Waals surface area contributed by atoms with E-state index in [1.807, 2.05) is 30.3 Å². The molecule has 180 valence electrons. The molecule has 1 saturated carbocycles. The van der Waals surface area contributed by atoms with E-state index in [1.54, 1.807) is 0 Å². The zero-order valence-corrected chi connectivity index (χ0v) is 20.6. The second-order valence-electron chi connectivity index (χ2n) is 10.2. The third kappa shape index (κ3) is 3.53. The molecule has 0 bridgehead atoms. The van der Waals surface area contributed by atoms with Gasteiger partial charge in [-0.2, -0.15) is 0 Å². The number of nitrogens with zero attached hydrogens (tertiary/aromatic N) is 2. The molecule has 0 radical (unpaired) electrons. The summed E-state index contributed by atoms with van der Waals surface area (Å²) in [6, 6.07) is 16.5. The molecule has 1 fully saturated rings. The van der Waals surface area contributed by atoms with Gasteiger partial charge in [0.25, 0.3) is 0 Å². The molecule has 2 N–H and O–H groups in total. The van der Waals surface area contributed by atoms with Crippen molar-refractivity contribution in [2.75, 3.05) is 22.9 Å². The first-order chi connectivity index (χ1) is 16.4. The number of aliphatic hydroxyl groups is 2. The molecule has 2 aromatic carbocycles. The Hall–Kier alpha value is -2.76. The van der Waals surface area contributed by atoms with E-state index >= 15 is 0 Å². The van der Waals surface area contributed by atoms with E-state index in [1.165, 1.54) is 16.9 Å². The van der Waals surface area contributed by atoms with Crippen LogP contribution in [0.2, 0.25) is 0 Å². The van der Waals surface area contributed by atoms with E-state index < -0.39 is 12.2 Å². The lowest BCUT2D eigenvalue weighted by atomic mass is 9.67. The lowest BCUT2D eigenvalue weighted by Gasteiger charge is -2.45. The quantitative estimate of drug-likeness (QED) is 0.621. The van der Waals surface area contributed by atoms with Crippen molar-refractivity contribution in [3.8, 4) is 5.75 Å². The first-order valence-corrected chi connectivity index (χ1v) is 12.6. The summed E-state index contributed by atoms with van der Waals surface area (Å²) in [6.45, 7) is 10.5. The van der Waals surface area contributed by atoms with Crippen LogP contribution in [0, 0.1) is 11.8 Å². The van der Waals surface area contributed by atoms with Crippen LogP contribution in [0.4, 0.5) is 11.4 Å². The normalized spacial score (nSPS) is 29.2. The summed E-state index contributed by atoms with van der Waals surface area (Å²) in [7, 11) is 0. The minimum absolute atomic E-state index is 0.178. The Bertz CT molecular complexity index is 1110. The van der Waals surface area contributed by atoms with Crippen molar-refractivity contribution in [3.05, 3.63) is 77.8 Å². The van der Waals surface area contributed by atoms with Gasteiger partial charge in [0.15, 0.2) is 11.6 Å². The molecule has 5 rings (SSSR count). The Balaban J connectivity index is 1.41. The van der Waals surface area contributed by atoms with E-state index in [4.69, 9.17) is 4.74 Å². The van der Waals surface area contributed by atoms with Crippen LogP contribution in [-0.2, 0) is 5.41 Å². The van der Waals surface area contributed by atoms with Crippen LogP contribution in [-0.4, -0.2) is 35.5 Å². The van der Waals surface area contributed by atoms with Crippen molar-refractivity contribution in [3.63, 3.8) is 0 Å². The lowest BCUT2D eigenvalue weighted by molar-refractivity contribution is -0.111. The van der Waals surface area contributed by atoms with Crippen LogP contribution >= 0.6 is 0 Å². The van der Waals surface area contributed by atoms with E-state index in [-0.39, 0.29) is 17.3 Å². The number of para-hydroxylation sites is 3. The number of hydrogen-bond acceptors (Lipinski definition) is 5. The number of rotatable bonds is 6. The molecule has 1 aliphatic carbocycles. The Kier molecular flexibility index (Phi) is 5.95. The molecule has 0 amide bonds. The van der Waals surface area contributed by atoms with Crippen LogP contribution in [0.25, 0.3) is 0 Å². The molecule has 0 aromatic heterocycles. The molecule has 2 atom stereocenters. The Morgan fingerprint density at radius 2 is 1.53 bits per heavy atom. The summed E-state index contributed by atoms with van der Waals surface area (Å²) < 4.78 is 6.06. The predicted octanol–water partition coefficient (Wildman–Crippen LogP) is 5.20. The second-order valence-corrected chi connectivity index (χ2v) is 10.2. The molecule has 2 aromatic rings. The lowest BCUT2D eigenvalue weighted by Crippen LogP contribution is -2.54. The summed E-state index contributed by atoms with van der Waals surface area (Å²) in [5.74, 6) is 0.829. The number of ether oxygens (including phenoxy) is 1. The van der Waals surface area contributed by atoms with Crippen molar-refractivity contribution in [1.82, 2.24) is 0 Å². The number of benzene rings is 2. The smallest absolute Gasteiger partial charge is 0.197 e. The predicted molar refractivity (Wildman–Crippen MR) is 137 cm³/mol. The molecule has 0 saturated heterocycles. The van der Waals surface area contributed by atoms with Gasteiger partial charge in [-0.15, -0.1) is 0 Å². The largest absolute Gasteiger partial charge is 0.439 e. The number of unbranched alkanes of at least 4 members (excludes halogenated alkanes) is 1. The molecule has 2 aliphatic heterocycles. The monoisotopic (exact) mass is 460 g/mol. The van der Waals surface area contributed by atoms with Crippen molar-refractivity contribution in [2.45, 2.75) is 58.2 Å². The fourth-order valence-electron chi connectivity index (χ4n) is 5.71. The van der Waals surface area contributed by atoms with Crippen molar-refractivity contribution < 1.29 is 14.9 Å². The third-order valence-corrected chi connectivity index (χ3v) is 7.75. The summed E-state index contributed by atoms with van der Waals surface area (Å²) in [5, 5.41) is 22.3. The first kappa shape index (κ1) is 23.0. The molecule has 0 spiro atoms. The average Bonchev–Trinajstić information content (AvgIpc) is 3.31. The van der Waals surface area contributed by atoms with Gasteiger partial charge in [0.2, 0.25) is 0 Å². The Morgan fingerprint density at radius 3 is 2.24 bits per heavy atom. The number of anilines is 2. The van der Waals surface area contributed by atoms with Crippen LogP contribution in [0.3, 0.4) is 0 Å². The van der Waals surface area contributed by atoms with Gasteiger partial charge >= 0.3 is 0 Å². The average molecular weight is 461 g/mol. The SMILES string of the molecule is CCCCN1C(=CC2C(O)C(C=C3Oc4ccccc4N3CC)C2O)C(C)(C)c2ccccc21. The van der Waals surface area contributed by atoms with Gasteiger partial charge in [0.1, 0.15) is 0 Å². The van der Waals surface area contributed by atoms with Gasteiger partial charge in [-0.25, -0.2) is 0 Å². The van der Waals surface area contributed by atoms with Gasteiger partial charge in [0, 0.05) is 41.7 Å². The molecule has 5 heteroatoms. The third-order valence-electron chi connectivity index (χ3n) is 7.75. The highest BCUT2D eigenvalue weighted by molar-refractivity contribution is 5.70. The molecule has 2 heterocycles. The van der Waals surface area contributed by atoms with Gasteiger partial charge in [0.05, 0.1) is 17.9 Å². The summed E-state index contributed by atoms with van der Waals surface area (Å²) in [6.07, 6.45) is 4.92. The molecule has 34 heavy (non-hydrogen) atoms.